The van der Waals surface area contributed by atoms with Gasteiger partial charge in [-0.3, -0.25) is 4.79 Å². The van der Waals surface area contributed by atoms with Gasteiger partial charge < -0.3 is 4.48 Å². The van der Waals surface area contributed by atoms with Gasteiger partial charge in [-0.2, -0.15) is 0 Å². The van der Waals surface area contributed by atoms with Crippen molar-refractivity contribution in [3.63, 3.8) is 0 Å². The minimum atomic E-state index is 0.204. The van der Waals surface area contributed by atoms with Crippen molar-refractivity contribution >= 4 is 5.78 Å². The average Bonchev–Trinajstić information content (AvgIpc) is 2.61. The molecule has 0 saturated carbocycles. The van der Waals surface area contributed by atoms with Gasteiger partial charge in [-0.05, 0) is 56.2 Å². The highest BCUT2D eigenvalue weighted by atomic mass is 16.1. The quantitative estimate of drug-likeness (QED) is 0.549. The second-order valence-corrected chi connectivity index (χ2v) is 8.12. The van der Waals surface area contributed by atoms with Crippen molar-refractivity contribution in [2.45, 2.75) is 85.1 Å². The molecule has 140 valence electrons. The Kier molecular flexibility index (Phi) is 7.68. The third-order valence-electron chi connectivity index (χ3n) is 6.25. The van der Waals surface area contributed by atoms with Crippen LogP contribution < -0.4 is 0 Å². The van der Waals surface area contributed by atoms with Crippen LogP contribution in [0.2, 0.25) is 0 Å². The summed E-state index contributed by atoms with van der Waals surface area (Å²) in [6.07, 6.45) is 9.18. The molecule has 0 spiro atoms. The van der Waals surface area contributed by atoms with Gasteiger partial charge in [0, 0.05) is 12.8 Å². The molecule has 1 aromatic carbocycles. The van der Waals surface area contributed by atoms with E-state index in [0.29, 0.717) is 12.2 Å². The van der Waals surface area contributed by atoms with Crippen molar-refractivity contribution in [2.24, 2.45) is 0 Å². The topological polar surface area (TPSA) is 17.1 Å². The van der Waals surface area contributed by atoms with Gasteiger partial charge in [0.25, 0.3) is 0 Å². The molecule has 0 radical (unpaired) electrons. The largest absolute Gasteiger partial charge is 0.315 e. The van der Waals surface area contributed by atoms with E-state index in [4.69, 9.17) is 0 Å². The number of rotatable bonds is 9. The van der Waals surface area contributed by atoms with Crippen LogP contribution in [-0.4, -0.2) is 35.9 Å². The number of nitrogens with zero attached hydrogens (tertiary/aromatic N) is 1. The first-order chi connectivity index (χ1) is 12.0. The number of Topliss-reactive ketones (excluding diaryl/α,β-unsaturated/α-hetero) is 1. The Balaban J connectivity index is 2.26. The molecule has 0 N–H and O–H groups in total. The van der Waals surface area contributed by atoms with Crippen molar-refractivity contribution in [1.29, 1.82) is 0 Å². The monoisotopic (exact) mass is 344 g/mol. The highest BCUT2D eigenvalue weighted by Gasteiger charge is 2.41. The molecule has 0 amide bonds. The fourth-order valence-corrected chi connectivity index (χ4v) is 4.74. The number of carbonyl (C=O) groups excluding carboxylic acids is 1. The molecule has 2 rings (SSSR count). The van der Waals surface area contributed by atoms with Gasteiger partial charge >= 0.3 is 0 Å². The summed E-state index contributed by atoms with van der Waals surface area (Å²) in [6.45, 7) is 12.4. The first kappa shape index (κ1) is 20.2. The van der Waals surface area contributed by atoms with Crippen molar-refractivity contribution in [3.8, 4) is 0 Å². The highest BCUT2D eigenvalue weighted by Crippen LogP contribution is 2.29. The number of benzene rings is 1. The van der Waals surface area contributed by atoms with Crippen LogP contribution in [0.15, 0.2) is 18.2 Å². The minimum absolute atomic E-state index is 0.204. The zero-order valence-corrected chi connectivity index (χ0v) is 16.9. The number of hydrogen-bond acceptors (Lipinski definition) is 1. The van der Waals surface area contributed by atoms with E-state index in [1.54, 1.807) is 0 Å². The molecule has 0 aliphatic carbocycles. The number of aryl methyl sites for hydroxylation is 2. The standard InChI is InChI=1S/C23H38NO/c1-5-7-15-24(16-9-8-10-17-24)22(12-6-2)23(25)18-21-19(3)13-11-14-20(21)4/h11,13-14,22H,5-10,12,15-18H2,1-4H3/q+1. The number of quaternary nitrogens is 1. The van der Waals surface area contributed by atoms with Gasteiger partial charge in [-0.1, -0.05) is 44.9 Å². The molecule has 1 atom stereocenters. The molecule has 0 bridgehead atoms. The highest BCUT2D eigenvalue weighted by molar-refractivity contribution is 5.85. The summed E-state index contributed by atoms with van der Waals surface area (Å²) in [5.41, 5.74) is 3.80. The van der Waals surface area contributed by atoms with Crippen LogP contribution in [0.1, 0.15) is 75.5 Å². The lowest BCUT2D eigenvalue weighted by Crippen LogP contribution is -2.61. The molecule has 0 aromatic heterocycles. The Hall–Kier alpha value is -1.15. The summed E-state index contributed by atoms with van der Waals surface area (Å²) in [5, 5.41) is 0. The Morgan fingerprint density at radius 2 is 1.68 bits per heavy atom. The molecular formula is C23H38NO+. The summed E-state index contributed by atoms with van der Waals surface area (Å²) in [6, 6.07) is 6.59. The van der Waals surface area contributed by atoms with Crippen molar-refractivity contribution in [3.05, 3.63) is 34.9 Å². The van der Waals surface area contributed by atoms with Crippen LogP contribution in [0.3, 0.4) is 0 Å². The Labute approximate surface area is 155 Å². The summed E-state index contributed by atoms with van der Waals surface area (Å²) < 4.78 is 1.07. The van der Waals surface area contributed by atoms with E-state index in [-0.39, 0.29) is 6.04 Å². The molecule has 1 saturated heterocycles. The molecule has 1 heterocycles. The minimum Gasteiger partial charge on any atom is -0.315 e. The molecule has 2 heteroatoms. The summed E-state index contributed by atoms with van der Waals surface area (Å²) in [4.78, 5) is 13.5. The van der Waals surface area contributed by atoms with Gasteiger partial charge in [0.1, 0.15) is 6.04 Å². The third kappa shape index (κ3) is 4.94. The lowest BCUT2D eigenvalue weighted by atomic mass is 9.90. The number of carbonyl (C=O) groups is 1. The molecule has 1 aliphatic rings. The van der Waals surface area contributed by atoms with E-state index in [0.717, 1.165) is 17.3 Å². The number of piperidine rings is 1. The number of hydrogen-bond donors (Lipinski definition) is 0. The molecule has 25 heavy (non-hydrogen) atoms. The van der Waals surface area contributed by atoms with E-state index in [1.165, 1.54) is 68.4 Å². The second-order valence-electron chi connectivity index (χ2n) is 8.12. The third-order valence-corrected chi connectivity index (χ3v) is 6.25. The van der Waals surface area contributed by atoms with Crippen LogP contribution in [0, 0.1) is 13.8 Å². The molecular weight excluding hydrogens is 306 g/mol. The van der Waals surface area contributed by atoms with Crippen LogP contribution in [0.5, 0.6) is 0 Å². The Morgan fingerprint density at radius 1 is 1.04 bits per heavy atom. The van der Waals surface area contributed by atoms with Crippen molar-refractivity contribution < 1.29 is 9.28 Å². The average molecular weight is 345 g/mol. The zero-order valence-electron chi connectivity index (χ0n) is 16.9. The Morgan fingerprint density at radius 3 is 2.24 bits per heavy atom. The van der Waals surface area contributed by atoms with Crippen LogP contribution >= 0.6 is 0 Å². The smallest absolute Gasteiger partial charge is 0.194 e. The second kappa shape index (κ2) is 9.52. The fourth-order valence-electron chi connectivity index (χ4n) is 4.74. The Bertz CT molecular complexity index is 537. The first-order valence-electron chi connectivity index (χ1n) is 10.5. The van der Waals surface area contributed by atoms with Gasteiger partial charge in [-0.15, -0.1) is 0 Å². The SMILES string of the molecule is CCCC[N+]1(C(CCC)C(=O)Cc2c(C)cccc2C)CCCCC1. The predicted molar refractivity (Wildman–Crippen MR) is 107 cm³/mol. The van der Waals surface area contributed by atoms with Crippen LogP contribution in [0.4, 0.5) is 0 Å². The maximum Gasteiger partial charge on any atom is 0.194 e. The van der Waals surface area contributed by atoms with Crippen molar-refractivity contribution in [1.82, 2.24) is 0 Å². The predicted octanol–water partition coefficient (Wildman–Crippen LogP) is 5.38. The molecule has 1 aromatic rings. The molecule has 1 aliphatic heterocycles. The van der Waals surface area contributed by atoms with Gasteiger partial charge in [0.2, 0.25) is 0 Å². The number of likely N-dealkylation sites (tertiary alicyclic amines) is 1. The maximum atomic E-state index is 13.5. The first-order valence-corrected chi connectivity index (χ1v) is 10.5. The summed E-state index contributed by atoms with van der Waals surface area (Å²) in [7, 11) is 0. The lowest BCUT2D eigenvalue weighted by Gasteiger charge is -2.47. The summed E-state index contributed by atoms with van der Waals surface area (Å²) in [5.74, 6) is 0.484. The maximum absolute atomic E-state index is 13.5. The van der Waals surface area contributed by atoms with E-state index in [2.05, 4.69) is 45.9 Å². The van der Waals surface area contributed by atoms with Crippen LogP contribution in [0.25, 0.3) is 0 Å². The summed E-state index contributed by atoms with van der Waals surface area (Å²) >= 11 is 0. The number of unbranched alkanes of at least 4 members (excludes halogenated alkanes) is 1. The lowest BCUT2D eigenvalue weighted by molar-refractivity contribution is -0.947. The van der Waals surface area contributed by atoms with Crippen molar-refractivity contribution in [2.75, 3.05) is 19.6 Å². The zero-order chi connectivity index (χ0) is 18.3. The molecule has 2 nitrogen and oxygen atoms in total. The van der Waals surface area contributed by atoms with E-state index in [1.807, 2.05) is 0 Å². The number of ketones is 1. The fraction of sp³-hybridized carbons (Fsp3) is 0.696. The van der Waals surface area contributed by atoms with Gasteiger partial charge in [-0.25, -0.2) is 0 Å². The molecule has 1 fully saturated rings. The van der Waals surface area contributed by atoms with Crippen LogP contribution in [-0.2, 0) is 11.2 Å². The molecule has 1 unspecified atom stereocenters. The van der Waals surface area contributed by atoms with Gasteiger partial charge in [0.05, 0.1) is 19.6 Å². The van der Waals surface area contributed by atoms with E-state index < -0.39 is 0 Å². The van der Waals surface area contributed by atoms with E-state index >= 15 is 0 Å². The normalized spacial score (nSPS) is 18.1. The van der Waals surface area contributed by atoms with Gasteiger partial charge in [0.15, 0.2) is 5.78 Å². The van der Waals surface area contributed by atoms with E-state index in [9.17, 15) is 4.79 Å².